The van der Waals surface area contributed by atoms with Gasteiger partial charge in [-0.1, -0.05) is 12.1 Å². The van der Waals surface area contributed by atoms with E-state index in [2.05, 4.69) is 0 Å². The Morgan fingerprint density at radius 2 is 2.25 bits per heavy atom. The molecule has 16 heavy (non-hydrogen) atoms. The van der Waals surface area contributed by atoms with Crippen molar-refractivity contribution in [1.29, 1.82) is 0 Å². The molecule has 4 heteroatoms. The van der Waals surface area contributed by atoms with E-state index < -0.39 is 6.10 Å². The summed E-state index contributed by atoms with van der Waals surface area (Å²) in [6.07, 6.45) is 1.69. The average molecular weight is 223 g/mol. The highest BCUT2D eigenvalue weighted by molar-refractivity contribution is 5.48. The SMILES string of the molecule is COc1cccc(C(O)CN)c1OC1CC1. The zero-order valence-corrected chi connectivity index (χ0v) is 9.35. The quantitative estimate of drug-likeness (QED) is 0.788. The first kappa shape index (κ1) is 11.2. The largest absolute Gasteiger partial charge is 0.493 e. The fraction of sp³-hybridized carbons (Fsp3) is 0.500. The van der Waals surface area contributed by atoms with E-state index in [4.69, 9.17) is 15.2 Å². The predicted molar refractivity (Wildman–Crippen MR) is 60.7 cm³/mol. The fourth-order valence-corrected chi connectivity index (χ4v) is 1.56. The Balaban J connectivity index is 2.32. The van der Waals surface area contributed by atoms with Crippen LogP contribution in [0.1, 0.15) is 24.5 Å². The Morgan fingerprint density at radius 1 is 1.50 bits per heavy atom. The number of benzene rings is 1. The number of methoxy groups -OCH3 is 1. The summed E-state index contributed by atoms with van der Waals surface area (Å²) in [5.41, 5.74) is 6.17. The molecular formula is C12H17NO3. The molecular weight excluding hydrogens is 206 g/mol. The zero-order valence-electron chi connectivity index (χ0n) is 9.35. The molecule has 1 aliphatic rings. The first-order chi connectivity index (χ1) is 7.76. The molecule has 0 amide bonds. The third kappa shape index (κ3) is 2.28. The van der Waals surface area contributed by atoms with E-state index in [-0.39, 0.29) is 12.6 Å². The molecule has 0 bridgehead atoms. The van der Waals surface area contributed by atoms with Crippen LogP contribution in [0.5, 0.6) is 11.5 Å². The molecule has 88 valence electrons. The van der Waals surface area contributed by atoms with Gasteiger partial charge in [0, 0.05) is 12.1 Å². The van der Waals surface area contributed by atoms with Crippen molar-refractivity contribution in [3.8, 4) is 11.5 Å². The molecule has 1 atom stereocenters. The van der Waals surface area contributed by atoms with Crippen molar-refractivity contribution >= 4 is 0 Å². The fourth-order valence-electron chi connectivity index (χ4n) is 1.56. The van der Waals surface area contributed by atoms with Crippen molar-refractivity contribution < 1.29 is 14.6 Å². The second-order valence-corrected chi connectivity index (χ2v) is 3.95. The number of rotatable bonds is 5. The average Bonchev–Trinajstić information content (AvgIpc) is 3.12. The van der Waals surface area contributed by atoms with Crippen LogP contribution in [0, 0.1) is 0 Å². The molecule has 1 saturated carbocycles. The molecule has 0 aromatic heterocycles. The molecule has 2 rings (SSSR count). The maximum atomic E-state index is 9.80. The summed E-state index contributed by atoms with van der Waals surface area (Å²) < 4.78 is 11.0. The minimum atomic E-state index is -0.705. The van der Waals surface area contributed by atoms with Gasteiger partial charge in [-0.05, 0) is 18.9 Å². The minimum Gasteiger partial charge on any atom is -0.493 e. The summed E-state index contributed by atoms with van der Waals surface area (Å²) in [6, 6.07) is 5.47. The van der Waals surface area contributed by atoms with Gasteiger partial charge in [0.15, 0.2) is 11.5 Å². The highest BCUT2D eigenvalue weighted by Gasteiger charge is 2.27. The van der Waals surface area contributed by atoms with Crippen molar-refractivity contribution in [2.24, 2.45) is 5.73 Å². The third-order valence-electron chi connectivity index (χ3n) is 2.62. The van der Waals surface area contributed by atoms with Crippen molar-refractivity contribution in [3.63, 3.8) is 0 Å². The summed E-state index contributed by atoms with van der Waals surface area (Å²) in [7, 11) is 1.59. The smallest absolute Gasteiger partial charge is 0.167 e. The molecule has 4 nitrogen and oxygen atoms in total. The van der Waals surface area contributed by atoms with Crippen molar-refractivity contribution in [2.45, 2.75) is 25.0 Å². The highest BCUT2D eigenvalue weighted by Crippen LogP contribution is 2.38. The van der Waals surface area contributed by atoms with Gasteiger partial charge in [-0.2, -0.15) is 0 Å². The molecule has 3 N–H and O–H groups in total. The van der Waals surface area contributed by atoms with Gasteiger partial charge in [0.25, 0.3) is 0 Å². The van der Waals surface area contributed by atoms with Crippen molar-refractivity contribution in [3.05, 3.63) is 23.8 Å². The van der Waals surface area contributed by atoms with Gasteiger partial charge in [0.1, 0.15) is 0 Å². The minimum absolute atomic E-state index is 0.175. The molecule has 0 heterocycles. The third-order valence-corrected chi connectivity index (χ3v) is 2.62. The number of aliphatic hydroxyl groups excluding tert-OH is 1. The summed E-state index contributed by atoms with van der Waals surface area (Å²) >= 11 is 0. The van der Waals surface area contributed by atoms with Gasteiger partial charge in [-0.3, -0.25) is 0 Å². The van der Waals surface area contributed by atoms with E-state index in [1.807, 2.05) is 18.2 Å². The van der Waals surface area contributed by atoms with Crippen LogP contribution in [-0.2, 0) is 0 Å². The van der Waals surface area contributed by atoms with E-state index >= 15 is 0 Å². The van der Waals surface area contributed by atoms with Crippen LogP contribution >= 0.6 is 0 Å². The summed E-state index contributed by atoms with van der Waals surface area (Å²) in [5.74, 6) is 1.28. The van der Waals surface area contributed by atoms with Crippen molar-refractivity contribution in [1.82, 2.24) is 0 Å². The monoisotopic (exact) mass is 223 g/mol. The predicted octanol–water partition coefficient (Wildman–Crippen LogP) is 1.23. The number of hydrogen-bond acceptors (Lipinski definition) is 4. The Morgan fingerprint density at radius 3 is 2.81 bits per heavy atom. The van der Waals surface area contributed by atoms with Crippen LogP contribution in [-0.4, -0.2) is 24.9 Å². The van der Waals surface area contributed by atoms with Crippen LogP contribution in [0.3, 0.4) is 0 Å². The maximum absolute atomic E-state index is 9.80. The molecule has 1 aromatic rings. The molecule has 1 unspecified atom stereocenters. The first-order valence-corrected chi connectivity index (χ1v) is 5.48. The van der Waals surface area contributed by atoms with E-state index in [0.29, 0.717) is 17.1 Å². The van der Waals surface area contributed by atoms with Crippen LogP contribution in [0.25, 0.3) is 0 Å². The molecule has 1 fully saturated rings. The molecule has 0 spiro atoms. The van der Waals surface area contributed by atoms with Crippen LogP contribution in [0.4, 0.5) is 0 Å². The zero-order chi connectivity index (χ0) is 11.5. The Labute approximate surface area is 95.0 Å². The summed E-state index contributed by atoms with van der Waals surface area (Å²) in [4.78, 5) is 0. The van der Waals surface area contributed by atoms with Gasteiger partial charge in [0.2, 0.25) is 0 Å². The topological polar surface area (TPSA) is 64.7 Å². The summed E-state index contributed by atoms with van der Waals surface area (Å²) in [5, 5.41) is 9.80. The Bertz CT molecular complexity index is 363. The molecule has 0 aliphatic heterocycles. The Hall–Kier alpha value is -1.26. The van der Waals surface area contributed by atoms with Crippen LogP contribution in [0.15, 0.2) is 18.2 Å². The van der Waals surface area contributed by atoms with Gasteiger partial charge >= 0.3 is 0 Å². The molecule has 0 saturated heterocycles. The van der Waals surface area contributed by atoms with E-state index in [1.165, 1.54) is 0 Å². The highest BCUT2D eigenvalue weighted by atomic mass is 16.5. The van der Waals surface area contributed by atoms with Gasteiger partial charge in [-0.25, -0.2) is 0 Å². The number of para-hydroxylation sites is 1. The second-order valence-electron chi connectivity index (χ2n) is 3.95. The number of hydrogen-bond donors (Lipinski definition) is 2. The van der Waals surface area contributed by atoms with E-state index in [0.717, 1.165) is 12.8 Å². The molecule has 0 radical (unpaired) electrons. The normalized spacial score (nSPS) is 16.9. The first-order valence-electron chi connectivity index (χ1n) is 5.48. The molecule has 1 aromatic carbocycles. The van der Waals surface area contributed by atoms with Gasteiger partial charge in [-0.15, -0.1) is 0 Å². The lowest BCUT2D eigenvalue weighted by Gasteiger charge is -2.17. The van der Waals surface area contributed by atoms with Gasteiger partial charge < -0.3 is 20.3 Å². The lowest BCUT2D eigenvalue weighted by molar-refractivity contribution is 0.176. The lowest BCUT2D eigenvalue weighted by atomic mass is 10.1. The second kappa shape index (κ2) is 4.72. The van der Waals surface area contributed by atoms with Crippen LogP contribution in [0.2, 0.25) is 0 Å². The standard InChI is InChI=1S/C12H17NO3/c1-15-11-4-2-3-9(10(14)7-13)12(11)16-8-5-6-8/h2-4,8,10,14H,5-7,13H2,1H3. The number of ether oxygens (including phenoxy) is 2. The molecule has 1 aliphatic carbocycles. The maximum Gasteiger partial charge on any atom is 0.167 e. The lowest BCUT2D eigenvalue weighted by Crippen LogP contribution is -2.13. The summed E-state index contributed by atoms with van der Waals surface area (Å²) in [6.45, 7) is 0.175. The van der Waals surface area contributed by atoms with Crippen LogP contribution < -0.4 is 15.2 Å². The Kier molecular flexibility index (Phi) is 3.31. The number of nitrogens with two attached hydrogens (primary N) is 1. The number of aliphatic hydroxyl groups is 1. The van der Waals surface area contributed by atoms with Crippen molar-refractivity contribution in [2.75, 3.05) is 13.7 Å². The van der Waals surface area contributed by atoms with E-state index in [1.54, 1.807) is 7.11 Å². The van der Waals surface area contributed by atoms with Gasteiger partial charge in [0.05, 0.1) is 19.3 Å². The van der Waals surface area contributed by atoms with E-state index in [9.17, 15) is 5.11 Å².